The van der Waals surface area contributed by atoms with E-state index in [0.717, 1.165) is 5.56 Å². The number of nitrogens with one attached hydrogen (secondary N) is 1. The number of hydrogen-bond donors (Lipinski definition) is 1. The molecule has 0 fully saturated rings. The average molecular weight is 374 g/mol. The van der Waals surface area contributed by atoms with Gasteiger partial charge >= 0.3 is 0 Å². The molecule has 0 spiro atoms. The average Bonchev–Trinajstić information content (AvgIpc) is 2.72. The van der Waals surface area contributed by atoms with Crippen molar-refractivity contribution in [1.82, 2.24) is 9.88 Å². The highest BCUT2D eigenvalue weighted by Crippen LogP contribution is 2.16. The van der Waals surface area contributed by atoms with Gasteiger partial charge in [0.25, 0.3) is 5.91 Å². The SMILES string of the molecule is Cc1ccc(CNc2cc(C(=O)N(Cc3ccccc3)C(C)C)ccn2)cc1. The van der Waals surface area contributed by atoms with Gasteiger partial charge in [-0.05, 0) is 44.0 Å². The predicted octanol–water partition coefficient (Wildman–Crippen LogP) is 5.05. The van der Waals surface area contributed by atoms with Crippen LogP contribution in [0.15, 0.2) is 72.9 Å². The number of carbonyl (C=O) groups excluding carboxylic acids is 1. The maximum Gasteiger partial charge on any atom is 0.254 e. The Kier molecular flexibility index (Phi) is 6.43. The third-order valence-electron chi connectivity index (χ3n) is 4.68. The maximum absolute atomic E-state index is 13.1. The fraction of sp³-hybridized carbons (Fsp3) is 0.250. The van der Waals surface area contributed by atoms with E-state index >= 15 is 0 Å². The van der Waals surface area contributed by atoms with Crippen LogP contribution in [0.25, 0.3) is 0 Å². The highest BCUT2D eigenvalue weighted by molar-refractivity contribution is 5.95. The number of aromatic nitrogens is 1. The molecule has 4 nitrogen and oxygen atoms in total. The van der Waals surface area contributed by atoms with E-state index in [0.29, 0.717) is 24.5 Å². The lowest BCUT2D eigenvalue weighted by atomic mass is 10.1. The fourth-order valence-corrected chi connectivity index (χ4v) is 2.99. The number of hydrogen-bond acceptors (Lipinski definition) is 3. The van der Waals surface area contributed by atoms with Crippen LogP contribution in [-0.4, -0.2) is 21.8 Å². The summed E-state index contributed by atoms with van der Waals surface area (Å²) >= 11 is 0. The number of anilines is 1. The maximum atomic E-state index is 13.1. The van der Waals surface area contributed by atoms with Gasteiger partial charge in [0.2, 0.25) is 0 Å². The first-order valence-corrected chi connectivity index (χ1v) is 9.63. The minimum absolute atomic E-state index is 0.0136. The van der Waals surface area contributed by atoms with Gasteiger partial charge in [-0.2, -0.15) is 0 Å². The molecule has 0 atom stereocenters. The van der Waals surface area contributed by atoms with Crippen LogP contribution in [0.4, 0.5) is 5.82 Å². The van der Waals surface area contributed by atoms with E-state index in [1.165, 1.54) is 11.1 Å². The molecule has 0 unspecified atom stereocenters. The van der Waals surface area contributed by atoms with E-state index in [4.69, 9.17) is 0 Å². The second-order valence-electron chi connectivity index (χ2n) is 7.28. The van der Waals surface area contributed by atoms with Gasteiger partial charge in [-0.3, -0.25) is 4.79 Å². The van der Waals surface area contributed by atoms with E-state index in [9.17, 15) is 4.79 Å². The zero-order valence-corrected chi connectivity index (χ0v) is 16.7. The highest BCUT2D eigenvalue weighted by atomic mass is 16.2. The van der Waals surface area contributed by atoms with E-state index < -0.39 is 0 Å². The molecule has 0 aliphatic rings. The van der Waals surface area contributed by atoms with E-state index in [1.54, 1.807) is 12.3 Å². The van der Waals surface area contributed by atoms with Crippen LogP contribution in [0.3, 0.4) is 0 Å². The predicted molar refractivity (Wildman–Crippen MR) is 114 cm³/mol. The third kappa shape index (κ3) is 5.19. The molecular weight excluding hydrogens is 346 g/mol. The Morgan fingerprint density at radius 2 is 1.71 bits per heavy atom. The summed E-state index contributed by atoms with van der Waals surface area (Å²) in [6.07, 6.45) is 1.69. The Bertz CT molecular complexity index is 905. The second kappa shape index (κ2) is 9.18. The first-order chi connectivity index (χ1) is 13.5. The van der Waals surface area contributed by atoms with Gasteiger partial charge in [0.1, 0.15) is 5.82 Å². The van der Waals surface area contributed by atoms with Crippen molar-refractivity contribution in [1.29, 1.82) is 0 Å². The Morgan fingerprint density at radius 1 is 1.00 bits per heavy atom. The standard InChI is InChI=1S/C24H27N3O/c1-18(2)27(17-21-7-5-4-6-8-21)24(28)22-13-14-25-23(15-22)26-16-20-11-9-19(3)10-12-20/h4-15,18H,16-17H2,1-3H3,(H,25,26). The Hall–Kier alpha value is -3.14. The molecule has 1 heterocycles. The number of nitrogens with zero attached hydrogens (tertiary/aromatic N) is 2. The summed E-state index contributed by atoms with van der Waals surface area (Å²) in [6.45, 7) is 7.41. The number of amides is 1. The van der Waals surface area contributed by atoms with Gasteiger partial charge in [0, 0.05) is 30.9 Å². The summed E-state index contributed by atoms with van der Waals surface area (Å²) in [5.74, 6) is 0.717. The highest BCUT2D eigenvalue weighted by Gasteiger charge is 2.19. The molecule has 0 aliphatic carbocycles. The molecule has 3 aromatic rings. The third-order valence-corrected chi connectivity index (χ3v) is 4.68. The molecule has 1 amide bonds. The van der Waals surface area contributed by atoms with Gasteiger partial charge in [-0.15, -0.1) is 0 Å². The molecule has 144 valence electrons. The fourth-order valence-electron chi connectivity index (χ4n) is 2.99. The van der Waals surface area contributed by atoms with Crippen molar-refractivity contribution < 1.29 is 4.79 Å². The summed E-state index contributed by atoms with van der Waals surface area (Å²) in [4.78, 5) is 19.4. The number of aryl methyl sites for hydroxylation is 1. The molecule has 1 N–H and O–H groups in total. The van der Waals surface area contributed by atoms with Crippen molar-refractivity contribution in [2.45, 2.75) is 39.9 Å². The second-order valence-corrected chi connectivity index (χ2v) is 7.28. The summed E-state index contributed by atoms with van der Waals surface area (Å²) in [6, 6.07) is 22.2. The largest absolute Gasteiger partial charge is 0.366 e. The van der Waals surface area contributed by atoms with Crippen molar-refractivity contribution in [3.8, 4) is 0 Å². The smallest absolute Gasteiger partial charge is 0.254 e. The van der Waals surface area contributed by atoms with Crippen LogP contribution in [0, 0.1) is 6.92 Å². The van der Waals surface area contributed by atoms with Crippen LogP contribution < -0.4 is 5.32 Å². The van der Waals surface area contributed by atoms with Crippen molar-refractivity contribution in [3.05, 3.63) is 95.2 Å². The number of carbonyl (C=O) groups is 1. The van der Waals surface area contributed by atoms with E-state index in [2.05, 4.69) is 41.5 Å². The molecule has 28 heavy (non-hydrogen) atoms. The van der Waals surface area contributed by atoms with Gasteiger partial charge in [0.15, 0.2) is 0 Å². The first-order valence-electron chi connectivity index (χ1n) is 9.63. The molecule has 0 saturated heterocycles. The van der Waals surface area contributed by atoms with Crippen molar-refractivity contribution >= 4 is 11.7 Å². The zero-order chi connectivity index (χ0) is 19.9. The minimum Gasteiger partial charge on any atom is -0.366 e. The molecule has 0 saturated carbocycles. The van der Waals surface area contributed by atoms with Crippen molar-refractivity contribution in [2.75, 3.05) is 5.32 Å². The topological polar surface area (TPSA) is 45.2 Å². The van der Waals surface area contributed by atoms with Crippen molar-refractivity contribution in [2.24, 2.45) is 0 Å². The lowest BCUT2D eigenvalue weighted by Gasteiger charge is -2.27. The Morgan fingerprint density at radius 3 is 2.39 bits per heavy atom. The molecular formula is C24H27N3O. The van der Waals surface area contributed by atoms with Crippen LogP contribution in [0.1, 0.15) is 40.9 Å². The van der Waals surface area contributed by atoms with Crippen LogP contribution in [-0.2, 0) is 13.1 Å². The first kappa shape index (κ1) is 19.6. The summed E-state index contributed by atoms with van der Waals surface area (Å²) in [7, 11) is 0. The lowest BCUT2D eigenvalue weighted by molar-refractivity contribution is 0.0690. The van der Waals surface area contributed by atoms with E-state index in [-0.39, 0.29) is 11.9 Å². The van der Waals surface area contributed by atoms with Gasteiger partial charge in [0.05, 0.1) is 0 Å². The van der Waals surface area contributed by atoms with E-state index in [1.807, 2.05) is 55.1 Å². The monoisotopic (exact) mass is 373 g/mol. The number of benzene rings is 2. The Labute approximate surface area is 167 Å². The van der Waals surface area contributed by atoms with Gasteiger partial charge in [-0.1, -0.05) is 60.2 Å². The zero-order valence-electron chi connectivity index (χ0n) is 16.7. The molecule has 1 aromatic heterocycles. The lowest BCUT2D eigenvalue weighted by Crippen LogP contribution is -2.36. The minimum atomic E-state index is 0.0136. The molecule has 0 aliphatic heterocycles. The van der Waals surface area contributed by atoms with Crippen molar-refractivity contribution in [3.63, 3.8) is 0 Å². The molecule has 3 rings (SSSR count). The van der Waals surface area contributed by atoms with Gasteiger partial charge in [-0.25, -0.2) is 4.98 Å². The van der Waals surface area contributed by atoms with Crippen LogP contribution >= 0.6 is 0 Å². The molecule has 4 heteroatoms. The Balaban J connectivity index is 1.71. The molecule has 0 bridgehead atoms. The summed E-state index contributed by atoms with van der Waals surface area (Å²) in [5.41, 5.74) is 4.18. The molecule has 2 aromatic carbocycles. The number of pyridine rings is 1. The molecule has 0 radical (unpaired) electrons. The summed E-state index contributed by atoms with van der Waals surface area (Å²) in [5, 5.41) is 3.31. The summed E-state index contributed by atoms with van der Waals surface area (Å²) < 4.78 is 0. The van der Waals surface area contributed by atoms with Gasteiger partial charge < -0.3 is 10.2 Å². The number of rotatable bonds is 7. The van der Waals surface area contributed by atoms with Crippen LogP contribution in [0.2, 0.25) is 0 Å². The van der Waals surface area contributed by atoms with Crippen LogP contribution in [0.5, 0.6) is 0 Å². The quantitative estimate of drug-likeness (QED) is 0.630. The normalized spacial score (nSPS) is 10.7.